The smallest absolute Gasteiger partial charge is 0.0923 e. The third kappa shape index (κ3) is 2.67. The number of allylic oxidation sites excluding steroid dienone is 2. The molecule has 1 nitrogen and oxygen atoms in total. The monoisotopic (exact) mass is 260 g/mol. The number of hydrogen-bond donors (Lipinski definition) is 1. The Balaban J connectivity index is 1.79. The predicted octanol–water partition coefficient (Wildman–Crippen LogP) is 4.62. The van der Waals surface area contributed by atoms with Gasteiger partial charge in [0.1, 0.15) is 0 Å². The maximum atomic E-state index is 11.4. The van der Waals surface area contributed by atoms with E-state index in [1.54, 1.807) is 0 Å². The van der Waals surface area contributed by atoms with Gasteiger partial charge in [-0.3, -0.25) is 0 Å². The molecule has 0 spiro atoms. The van der Waals surface area contributed by atoms with Crippen molar-refractivity contribution < 1.29 is 5.11 Å². The van der Waals surface area contributed by atoms with Crippen LogP contribution < -0.4 is 0 Å². The molecule has 0 amide bonds. The summed E-state index contributed by atoms with van der Waals surface area (Å²) in [5.74, 6) is 1.58. The third-order valence-electron chi connectivity index (χ3n) is 5.74. The Morgan fingerprint density at radius 2 is 1.42 bits per heavy atom. The van der Waals surface area contributed by atoms with Crippen LogP contribution in [-0.2, 0) is 0 Å². The van der Waals surface area contributed by atoms with Gasteiger partial charge in [0.2, 0.25) is 0 Å². The zero-order chi connectivity index (χ0) is 13.1. The van der Waals surface area contributed by atoms with Crippen LogP contribution in [-0.4, -0.2) is 10.7 Å². The van der Waals surface area contributed by atoms with Crippen LogP contribution in [0.3, 0.4) is 0 Å². The summed E-state index contributed by atoms with van der Waals surface area (Å²) in [6, 6.07) is 0. The van der Waals surface area contributed by atoms with Crippen LogP contribution in [0.25, 0.3) is 0 Å². The first-order valence-electron chi connectivity index (χ1n) is 8.39. The van der Waals surface area contributed by atoms with Gasteiger partial charge in [-0.1, -0.05) is 62.8 Å². The van der Waals surface area contributed by atoms with Gasteiger partial charge in [-0.05, 0) is 37.5 Å². The molecular formula is C18H28O. The molecule has 0 aliphatic heterocycles. The van der Waals surface area contributed by atoms with Crippen LogP contribution in [0.2, 0.25) is 0 Å². The first-order chi connectivity index (χ1) is 9.31. The van der Waals surface area contributed by atoms with Crippen molar-refractivity contribution in [1.82, 2.24) is 0 Å². The van der Waals surface area contributed by atoms with Crippen molar-refractivity contribution in [1.29, 1.82) is 0 Å². The molecule has 0 saturated heterocycles. The lowest BCUT2D eigenvalue weighted by molar-refractivity contribution is -0.0486. The number of hydrogen-bond acceptors (Lipinski definition) is 1. The van der Waals surface area contributed by atoms with E-state index in [0.717, 1.165) is 0 Å². The minimum Gasteiger partial charge on any atom is -0.385 e. The Labute approximate surface area is 117 Å². The van der Waals surface area contributed by atoms with E-state index < -0.39 is 5.60 Å². The summed E-state index contributed by atoms with van der Waals surface area (Å²) in [4.78, 5) is 0. The second kappa shape index (κ2) is 5.83. The lowest BCUT2D eigenvalue weighted by atomic mass is 9.63. The van der Waals surface area contributed by atoms with Crippen molar-refractivity contribution in [2.24, 2.45) is 17.8 Å². The van der Waals surface area contributed by atoms with Crippen LogP contribution >= 0.6 is 0 Å². The van der Waals surface area contributed by atoms with Crippen LogP contribution in [0, 0.1) is 17.8 Å². The highest BCUT2D eigenvalue weighted by atomic mass is 16.3. The lowest BCUT2D eigenvalue weighted by Crippen LogP contribution is -2.47. The van der Waals surface area contributed by atoms with Crippen LogP contribution in [0.1, 0.15) is 64.2 Å². The summed E-state index contributed by atoms with van der Waals surface area (Å²) in [5, 5.41) is 11.4. The average molecular weight is 260 g/mol. The molecule has 0 aromatic rings. The van der Waals surface area contributed by atoms with E-state index in [0.29, 0.717) is 17.8 Å². The van der Waals surface area contributed by atoms with Gasteiger partial charge in [0.05, 0.1) is 5.60 Å². The largest absolute Gasteiger partial charge is 0.385 e. The van der Waals surface area contributed by atoms with Gasteiger partial charge in [0, 0.05) is 5.92 Å². The number of aliphatic hydroxyl groups is 1. The van der Waals surface area contributed by atoms with E-state index in [9.17, 15) is 5.11 Å². The Bertz CT molecular complexity index is 345. The maximum Gasteiger partial charge on any atom is 0.0923 e. The molecule has 2 unspecified atom stereocenters. The second-order valence-electron chi connectivity index (χ2n) is 6.89. The Kier molecular flexibility index (Phi) is 4.12. The van der Waals surface area contributed by atoms with Gasteiger partial charge in [-0.2, -0.15) is 0 Å². The summed E-state index contributed by atoms with van der Waals surface area (Å²) in [6.07, 6.45) is 21.8. The minimum absolute atomic E-state index is 0.376. The van der Waals surface area contributed by atoms with Crippen molar-refractivity contribution in [3.05, 3.63) is 24.3 Å². The van der Waals surface area contributed by atoms with Crippen LogP contribution in [0.15, 0.2) is 24.3 Å². The standard InChI is InChI=1S/C18H28O/c19-18(16-11-5-2-6-12-16)14-8-7-13-17(18)15-9-3-1-4-10-15/h7-8,13-17,19H,1-6,9-12H2. The third-order valence-corrected chi connectivity index (χ3v) is 5.74. The fraction of sp³-hybridized carbons (Fsp3) is 0.778. The topological polar surface area (TPSA) is 20.2 Å². The van der Waals surface area contributed by atoms with Gasteiger partial charge in [-0.25, -0.2) is 0 Å². The molecule has 1 N–H and O–H groups in total. The molecular weight excluding hydrogens is 232 g/mol. The van der Waals surface area contributed by atoms with E-state index in [-0.39, 0.29) is 0 Å². The van der Waals surface area contributed by atoms with Crippen molar-refractivity contribution >= 4 is 0 Å². The van der Waals surface area contributed by atoms with E-state index in [4.69, 9.17) is 0 Å². The molecule has 2 fully saturated rings. The summed E-state index contributed by atoms with van der Waals surface area (Å²) in [7, 11) is 0. The van der Waals surface area contributed by atoms with Crippen molar-refractivity contribution in [2.75, 3.05) is 0 Å². The van der Waals surface area contributed by atoms with Gasteiger partial charge >= 0.3 is 0 Å². The molecule has 0 bridgehead atoms. The lowest BCUT2D eigenvalue weighted by Gasteiger charge is -2.46. The molecule has 0 radical (unpaired) electrons. The average Bonchev–Trinajstić information content (AvgIpc) is 2.49. The highest BCUT2D eigenvalue weighted by molar-refractivity contribution is 5.24. The molecule has 3 aliphatic rings. The van der Waals surface area contributed by atoms with Gasteiger partial charge in [0.15, 0.2) is 0 Å². The summed E-state index contributed by atoms with van der Waals surface area (Å²) in [5.41, 5.74) is -0.544. The minimum atomic E-state index is -0.544. The molecule has 3 aliphatic carbocycles. The summed E-state index contributed by atoms with van der Waals surface area (Å²) < 4.78 is 0. The first-order valence-corrected chi connectivity index (χ1v) is 8.39. The van der Waals surface area contributed by atoms with Crippen LogP contribution in [0.4, 0.5) is 0 Å². The van der Waals surface area contributed by atoms with Crippen molar-refractivity contribution in [3.8, 4) is 0 Å². The Hall–Kier alpha value is -0.560. The zero-order valence-electron chi connectivity index (χ0n) is 12.1. The van der Waals surface area contributed by atoms with Gasteiger partial charge < -0.3 is 5.11 Å². The van der Waals surface area contributed by atoms with Gasteiger partial charge in [0.25, 0.3) is 0 Å². The van der Waals surface area contributed by atoms with E-state index in [1.165, 1.54) is 64.2 Å². The molecule has 1 heteroatoms. The quantitative estimate of drug-likeness (QED) is 0.768. The van der Waals surface area contributed by atoms with Gasteiger partial charge in [-0.15, -0.1) is 0 Å². The zero-order valence-corrected chi connectivity index (χ0v) is 12.1. The molecule has 0 aromatic carbocycles. The second-order valence-corrected chi connectivity index (χ2v) is 6.89. The van der Waals surface area contributed by atoms with E-state index in [2.05, 4.69) is 24.3 Å². The number of rotatable bonds is 2. The maximum absolute atomic E-state index is 11.4. The molecule has 0 heterocycles. The molecule has 19 heavy (non-hydrogen) atoms. The van der Waals surface area contributed by atoms with Crippen molar-refractivity contribution in [3.63, 3.8) is 0 Å². The highest BCUT2D eigenvalue weighted by Crippen LogP contribution is 2.46. The van der Waals surface area contributed by atoms with Crippen LogP contribution in [0.5, 0.6) is 0 Å². The Morgan fingerprint density at radius 1 is 0.789 bits per heavy atom. The highest BCUT2D eigenvalue weighted by Gasteiger charge is 2.44. The van der Waals surface area contributed by atoms with E-state index in [1.807, 2.05) is 0 Å². The summed E-state index contributed by atoms with van der Waals surface area (Å²) >= 11 is 0. The molecule has 106 valence electrons. The normalized spacial score (nSPS) is 37.6. The Morgan fingerprint density at radius 3 is 2.11 bits per heavy atom. The fourth-order valence-corrected chi connectivity index (χ4v) is 4.66. The molecule has 0 aromatic heterocycles. The SMILES string of the molecule is OC1(C2CCCCC2)C=CC=CC1C1CCCCC1. The molecule has 3 rings (SSSR count). The molecule has 2 saturated carbocycles. The van der Waals surface area contributed by atoms with Crippen molar-refractivity contribution in [2.45, 2.75) is 69.8 Å². The van der Waals surface area contributed by atoms with E-state index >= 15 is 0 Å². The first kappa shape index (κ1) is 13.4. The predicted molar refractivity (Wildman–Crippen MR) is 79.9 cm³/mol. The molecule has 2 atom stereocenters. The fourth-order valence-electron chi connectivity index (χ4n) is 4.66. The summed E-state index contributed by atoms with van der Waals surface area (Å²) in [6.45, 7) is 0.